The van der Waals surface area contributed by atoms with E-state index in [0.29, 0.717) is 18.1 Å². The van der Waals surface area contributed by atoms with Crippen molar-refractivity contribution in [2.75, 3.05) is 38.5 Å². The second kappa shape index (κ2) is 7.60. The van der Waals surface area contributed by atoms with Gasteiger partial charge in [-0.2, -0.15) is 0 Å². The second-order valence-electron chi connectivity index (χ2n) is 3.82. The van der Waals surface area contributed by atoms with Crippen molar-refractivity contribution in [2.24, 2.45) is 0 Å². The Balaban J connectivity index is 2.45. The highest BCUT2D eigenvalue weighted by Gasteiger charge is 2.08. The lowest BCUT2D eigenvalue weighted by molar-refractivity contribution is 0.0943. The van der Waals surface area contributed by atoms with Crippen LogP contribution >= 0.6 is 0 Å². The highest BCUT2D eigenvalue weighted by molar-refractivity contribution is 5.92. The molecule has 0 spiro atoms. The molecule has 1 amide bonds. The van der Waals surface area contributed by atoms with Gasteiger partial charge in [-0.05, 0) is 13.1 Å². The van der Waals surface area contributed by atoms with Gasteiger partial charge >= 0.3 is 0 Å². The van der Waals surface area contributed by atoms with Gasteiger partial charge in [-0.15, -0.1) is 0 Å². The van der Waals surface area contributed by atoms with Crippen LogP contribution in [0.25, 0.3) is 0 Å². The van der Waals surface area contributed by atoms with Crippen molar-refractivity contribution in [1.82, 2.24) is 20.2 Å². The summed E-state index contributed by atoms with van der Waals surface area (Å²) < 4.78 is 0. The summed E-state index contributed by atoms with van der Waals surface area (Å²) >= 11 is 0. The molecule has 0 aliphatic carbocycles. The summed E-state index contributed by atoms with van der Waals surface area (Å²) in [5.74, 6) is 0.401. The summed E-state index contributed by atoms with van der Waals surface area (Å²) in [4.78, 5) is 22.1. The van der Waals surface area contributed by atoms with Gasteiger partial charge in [0.15, 0.2) is 0 Å². The van der Waals surface area contributed by atoms with Gasteiger partial charge in [0.1, 0.15) is 11.5 Å². The summed E-state index contributed by atoms with van der Waals surface area (Å²) in [5.41, 5.74) is 0.335. The molecule has 0 fully saturated rings. The summed E-state index contributed by atoms with van der Waals surface area (Å²) in [7, 11) is 1.74. The summed E-state index contributed by atoms with van der Waals surface area (Å²) in [5, 5.41) is 5.69. The number of aromatic nitrogens is 2. The van der Waals surface area contributed by atoms with Gasteiger partial charge in [0.25, 0.3) is 5.91 Å². The number of amides is 1. The highest BCUT2D eigenvalue weighted by Crippen LogP contribution is 2.00. The SMILES string of the molecule is CCN(CC)CCNC(=O)c1cncc(NC)n1. The van der Waals surface area contributed by atoms with Crippen LogP contribution in [0, 0.1) is 0 Å². The number of likely N-dealkylation sites (N-methyl/N-ethyl adjacent to an activating group) is 1. The Morgan fingerprint density at radius 3 is 2.67 bits per heavy atom. The van der Waals surface area contributed by atoms with Gasteiger partial charge in [-0.25, -0.2) is 4.98 Å². The number of hydrogen-bond donors (Lipinski definition) is 2. The van der Waals surface area contributed by atoms with Crippen LogP contribution in [-0.2, 0) is 0 Å². The molecule has 2 N–H and O–H groups in total. The first-order chi connectivity index (χ1) is 8.71. The average molecular weight is 251 g/mol. The Morgan fingerprint density at radius 1 is 1.33 bits per heavy atom. The largest absolute Gasteiger partial charge is 0.372 e. The minimum Gasteiger partial charge on any atom is -0.372 e. The summed E-state index contributed by atoms with van der Waals surface area (Å²) in [6.45, 7) is 7.65. The van der Waals surface area contributed by atoms with Crippen LogP contribution in [0.15, 0.2) is 12.4 Å². The first-order valence-electron chi connectivity index (χ1n) is 6.21. The molecule has 6 heteroatoms. The van der Waals surface area contributed by atoms with Crippen molar-refractivity contribution in [1.29, 1.82) is 0 Å². The van der Waals surface area contributed by atoms with Crippen LogP contribution in [0.4, 0.5) is 5.82 Å². The van der Waals surface area contributed by atoms with Gasteiger partial charge in [0.2, 0.25) is 0 Å². The fourth-order valence-corrected chi connectivity index (χ4v) is 1.55. The fraction of sp³-hybridized carbons (Fsp3) is 0.583. The fourth-order valence-electron chi connectivity index (χ4n) is 1.55. The molecule has 6 nitrogen and oxygen atoms in total. The third-order valence-corrected chi connectivity index (χ3v) is 2.73. The van der Waals surface area contributed by atoms with E-state index in [4.69, 9.17) is 0 Å². The number of nitrogens with one attached hydrogen (secondary N) is 2. The van der Waals surface area contributed by atoms with Gasteiger partial charge in [0, 0.05) is 20.1 Å². The normalized spacial score (nSPS) is 10.4. The molecular weight excluding hydrogens is 230 g/mol. The number of rotatable bonds is 7. The van der Waals surface area contributed by atoms with E-state index in [1.807, 2.05) is 0 Å². The molecule has 0 atom stereocenters. The molecule has 0 radical (unpaired) electrons. The van der Waals surface area contributed by atoms with Gasteiger partial charge in [0.05, 0.1) is 12.4 Å². The lowest BCUT2D eigenvalue weighted by atomic mass is 10.4. The minimum atomic E-state index is -0.188. The van der Waals surface area contributed by atoms with E-state index in [1.54, 1.807) is 13.2 Å². The van der Waals surface area contributed by atoms with Crippen LogP contribution in [0.1, 0.15) is 24.3 Å². The molecular formula is C12H21N5O. The van der Waals surface area contributed by atoms with Gasteiger partial charge in [-0.1, -0.05) is 13.8 Å². The van der Waals surface area contributed by atoms with Crippen molar-refractivity contribution >= 4 is 11.7 Å². The van der Waals surface area contributed by atoms with E-state index in [1.165, 1.54) is 6.20 Å². The van der Waals surface area contributed by atoms with E-state index in [2.05, 4.69) is 39.3 Å². The maximum atomic E-state index is 11.8. The number of anilines is 1. The number of carbonyl (C=O) groups excluding carboxylic acids is 1. The first-order valence-corrected chi connectivity index (χ1v) is 6.21. The topological polar surface area (TPSA) is 70.2 Å². The zero-order valence-electron chi connectivity index (χ0n) is 11.2. The van der Waals surface area contributed by atoms with E-state index >= 15 is 0 Å². The first kappa shape index (κ1) is 14.4. The molecule has 0 aromatic carbocycles. The molecule has 1 heterocycles. The van der Waals surface area contributed by atoms with Crippen LogP contribution in [0.3, 0.4) is 0 Å². The maximum Gasteiger partial charge on any atom is 0.271 e. The Kier molecular flexibility index (Phi) is 6.07. The zero-order valence-corrected chi connectivity index (χ0v) is 11.2. The Morgan fingerprint density at radius 2 is 2.06 bits per heavy atom. The van der Waals surface area contributed by atoms with Crippen LogP contribution in [-0.4, -0.2) is 54.0 Å². The van der Waals surface area contributed by atoms with E-state index in [9.17, 15) is 4.79 Å². The van der Waals surface area contributed by atoms with Crippen molar-refractivity contribution in [3.63, 3.8) is 0 Å². The monoisotopic (exact) mass is 251 g/mol. The molecule has 1 aromatic heterocycles. The van der Waals surface area contributed by atoms with Crippen molar-refractivity contribution < 1.29 is 4.79 Å². The predicted octanol–water partition coefficient (Wildman–Crippen LogP) is 0.590. The van der Waals surface area contributed by atoms with Crippen LogP contribution in [0.2, 0.25) is 0 Å². The lowest BCUT2D eigenvalue weighted by Gasteiger charge is -2.17. The standard InChI is InChI=1S/C12H21N5O/c1-4-17(5-2)7-6-15-12(18)10-8-14-9-11(13-3)16-10/h8-9H,4-7H2,1-3H3,(H,13,16)(H,15,18). The zero-order chi connectivity index (χ0) is 13.4. The number of hydrogen-bond acceptors (Lipinski definition) is 5. The van der Waals surface area contributed by atoms with Crippen molar-refractivity contribution in [3.05, 3.63) is 18.1 Å². The molecule has 100 valence electrons. The van der Waals surface area contributed by atoms with Gasteiger partial charge < -0.3 is 15.5 Å². The van der Waals surface area contributed by atoms with Crippen LogP contribution < -0.4 is 10.6 Å². The maximum absolute atomic E-state index is 11.8. The van der Waals surface area contributed by atoms with Gasteiger partial charge in [-0.3, -0.25) is 9.78 Å². The molecule has 0 unspecified atom stereocenters. The minimum absolute atomic E-state index is 0.188. The Hall–Kier alpha value is -1.69. The molecule has 1 aromatic rings. The molecule has 0 bridgehead atoms. The third kappa shape index (κ3) is 4.29. The second-order valence-corrected chi connectivity index (χ2v) is 3.82. The number of carbonyl (C=O) groups is 1. The van der Waals surface area contributed by atoms with Crippen molar-refractivity contribution in [3.8, 4) is 0 Å². The quantitative estimate of drug-likeness (QED) is 0.742. The highest BCUT2D eigenvalue weighted by atomic mass is 16.1. The van der Waals surface area contributed by atoms with Crippen molar-refractivity contribution in [2.45, 2.75) is 13.8 Å². The molecule has 0 saturated carbocycles. The molecule has 1 rings (SSSR count). The van der Waals surface area contributed by atoms with E-state index in [0.717, 1.165) is 19.6 Å². The smallest absolute Gasteiger partial charge is 0.271 e. The Labute approximate surface area is 108 Å². The number of nitrogens with zero attached hydrogens (tertiary/aromatic N) is 3. The molecule has 18 heavy (non-hydrogen) atoms. The van der Waals surface area contributed by atoms with E-state index in [-0.39, 0.29) is 5.91 Å². The predicted molar refractivity (Wildman–Crippen MR) is 71.7 cm³/mol. The lowest BCUT2D eigenvalue weighted by Crippen LogP contribution is -2.35. The summed E-state index contributed by atoms with van der Waals surface area (Å²) in [6.07, 6.45) is 3.04. The summed E-state index contributed by atoms with van der Waals surface area (Å²) in [6, 6.07) is 0. The van der Waals surface area contributed by atoms with Crippen LogP contribution in [0.5, 0.6) is 0 Å². The molecule has 0 aliphatic rings. The Bertz CT molecular complexity index is 378. The van der Waals surface area contributed by atoms with E-state index < -0.39 is 0 Å². The third-order valence-electron chi connectivity index (χ3n) is 2.73. The molecule has 0 saturated heterocycles. The molecule has 0 aliphatic heterocycles. The average Bonchev–Trinajstić information content (AvgIpc) is 2.43.